The SMILES string of the molecule is CCOC(=O)c1cc(NC2CCN(C)C2)ncc1N. The van der Waals surface area contributed by atoms with Gasteiger partial charge in [-0.25, -0.2) is 9.78 Å². The van der Waals surface area contributed by atoms with Gasteiger partial charge in [-0.3, -0.25) is 0 Å². The minimum absolute atomic E-state index is 0.330. The third kappa shape index (κ3) is 3.35. The van der Waals surface area contributed by atoms with E-state index in [1.165, 1.54) is 6.20 Å². The van der Waals surface area contributed by atoms with Crippen molar-refractivity contribution < 1.29 is 9.53 Å². The number of carbonyl (C=O) groups is 1. The summed E-state index contributed by atoms with van der Waals surface area (Å²) in [7, 11) is 2.09. The zero-order valence-electron chi connectivity index (χ0n) is 11.3. The number of ether oxygens (including phenoxy) is 1. The number of rotatable bonds is 4. The molecule has 0 aliphatic carbocycles. The number of nitrogens with one attached hydrogen (secondary N) is 1. The Balaban J connectivity index is 2.09. The summed E-state index contributed by atoms with van der Waals surface area (Å²) in [6.07, 6.45) is 2.56. The van der Waals surface area contributed by atoms with Crippen LogP contribution in [0.4, 0.5) is 11.5 Å². The minimum Gasteiger partial charge on any atom is -0.462 e. The summed E-state index contributed by atoms with van der Waals surface area (Å²) >= 11 is 0. The molecule has 6 heteroatoms. The highest BCUT2D eigenvalue weighted by Crippen LogP contribution is 2.18. The lowest BCUT2D eigenvalue weighted by Crippen LogP contribution is -2.24. The molecule has 1 aromatic heterocycles. The summed E-state index contributed by atoms with van der Waals surface area (Å²) < 4.78 is 4.97. The second-order valence-corrected chi connectivity index (χ2v) is 4.77. The van der Waals surface area contributed by atoms with Crippen LogP contribution in [0.3, 0.4) is 0 Å². The number of likely N-dealkylation sites (N-methyl/N-ethyl adjacent to an activating group) is 1. The number of esters is 1. The van der Waals surface area contributed by atoms with Crippen molar-refractivity contribution in [3.63, 3.8) is 0 Å². The zero-order chi connectivity index (χ0) is 13.8. The van der Waals surface area contributed by atoms with Crippen LogP contribution in [-0.2, 0) is 4.74 Å². The minimum atomic E-state index is -0.408. The van der Waals surface area contributed by atoms with E-state index in [4.69, 9.17) is 10.5 Å². The van der Waals surface area contributed by atoms with Crippen molar-refractivity contribution in [2.75, 3.05) is 37.8 Å². The van der Waals surface area contributed by atoms with E-state index in [0.29, 0.717) is 29.7 Å². The van der Waals surface area contributed by atoms with E-state index in [0.717, 1.165) is 19.5 Å². The molecule has 3 N–H and O–H groups in total. The third-order valence-corrected chi connectivity index (χ3v) is 3.17. The lowest BCUT2D eigenvalue weighted by molar-refractivity contribution is 0.0527. The Morgan fingerprint density at radius 2 is 2.47 bits per heavy atom. The molecule has 1 aromatic rings. The van der Waals surface area contributed by atoms with Crippen molar-refractivity contribution in [1.29, 1.82) is 0 Å². The lowest BCUT2D eigenvalue weighted by atomic mass is 10.2. The van der Waals surface area contributed by atoms with Gasteiger partial charge in [-0.1, -0.05) is 0 Å². The fourth-order valence-corrected chi connectivity index (χ4v) is 2.19. The number of nitrogens with two attached hydrogens (primary N) is 1. The van der Waals surface area contributed by atoms with Crippen molar-refractivity contribution in [2.45, 2.75) is 19.4 Å². The van der Waals surface area contributed by atoms with Gasteiger partial charge < -0.3 is 20.7 Å². The molecule has 0 spiro atoms. The lowest BCUT2D eigenvalue weighted by Gasteiger charge is -2.14. The number of aromatic nitrogens is 1. The predicted octanol–water partition coefficient (Wildman–Crippen LogP) is 0.956. The average Bonchev–Trinajstić information content (AvgIpc) is 2.77. The first-order valence-electron chi connectivity index (χ1n) is 6.48. The fourth-order valence-electron chi connectivity index (χ4n) is 2.19. The molecule has 0 aromatic carbocycles. The van der Waals surface area contributed by atoms with E-state index in [1.807, 2.05) is 0 Å². The van der Waals surface area contributed by atoms with Crippen LogP contribution in [0.5, 0.6) is 0 Å². The maximum Gasteiger partial charge on any atom is 0.340 e. The molecule has 2 rings (SSSR count). The number of hydrogen-bond donors (Lipinski definition) is 2. The van der Waals surface area contributed by atoms with Gasteiger partial charge in [-0.2, -0.15) is 0 Å². The summed E-state index contributed by atoms with van der Waals surface area (Å²) in [5, 5.41) is 3.32. The van der Waals surface area contributed by atoms with Crippen LogP contribution >= 0.6 is 0 Å². The molecule has 1 fully saturated rings. The first kappa shape index (κ1) is 13.6. The van der Waals surface area contributed by atoms with Gasteiger partial charge in [-0.15, -0.1) is 0 Å². The number of anilines is 2. The average molecular weight is 264 g/mol. The highest BCUT2D eigenvalue weighted by molar-refractivity contribution is 5.95. The van der Waals surface area contributed by atoms with Crippen LogP contribution < -0.4 is 11.1 Å². The number of pyridine rings is 1. The van der Waals surface area contributed by atoms with Crippen molar-refractivity contribution in [3.8, 4) is 0 Å². The summed E-state index contributed by atoms with van der Waals surface area (Å²) in [6, 6.07) is 2.02. The quantitative estimate of drug-likeness (QED) is 0.788. The van der Waals surface area contributed by atoms with E-state index in [1.54, 1.807) is 13.0 Å². The summed E-state index contributed by atoms with van der Waals surface area (Å²) in [6.45, 7) is 4.14. The molecule has 6 nitrogen and oxygen atoms in total. The molecule has 104 valence electrons. The Labute approximate surface area is 112 Å². The maximum atomic E-state index is 11.7. The van der Waals surface area contributed by atoms with Crippen LogP contribution in [0, 0.1) is 0 Å². The molecule has 1 unspecified atom stereocenters. The summed E-state index contributed by atoms with van der Waals surface area (Å²) in [4.78, 5) is 18.2. The molecular weight excluding hydrogens is 244 g/mol. The van der Waals surface area contributed by atoms with Gasteiger partial charge in [0.25, 0.3) is 0 Å². The van der Waals surface area contributed by atoms with Crippen LogP contribution in [-0.4, -0.2) is 48.6 Å². The first-order chi connectivity index (χ1) is 9.10. The Morgan fingerprint density at radius 3 is 3.11 bits per heavy atom. The Hall–Kier alpha value is -1.82. The van der Waals surface area contributed by atoms with Gasteiger partial charge in [0.15, 0.2) is 0 Å². The first-order valence-corrected chi connectivity index (χ1v) is 6.48. The molecule has 0 bridgehead atoms. The zero-order valence-corrected chi connectivity index (χ0v) is 11.3. The molecule has 1 aliphatic heterocycles. The van der Waals surface area contributed by atoms with Crippen LogP contribution in [0.25, 0.3) is 0 Å². The largest absolute Gasteiger partial charge is 0.462 e. The Kier molecular flexibility index (Phi) is 4.21. The van der Waals surface area contributed by atoms with E-state index in [2.05, 4.69) is 22.2 Å². The van der Waals surface area contributed by atoms with E-state index in [-0.39, 0.29) is 0 Å². The smallest absolute Gasteiger partial charge is 0.340 e. The Bertz CT molecular complexity index is 464. The molecule has 1 aliphatic rings. The van der Waals surface area contributed by atoms with Crippen LogP contribution in [0.1, 0.15) is 23.7 Å². The van der Waals surface area contributed by atoms with Crippen molar-refractivity contribution in [1.82, 2.24) is 9.88 Å². The van der Waals surface area contributed by atoms with Crippen LogP contribution in [0.2, 0.25) is 0 Å². The van der Waals surface area contributed by atoms with Gasteiger partial charge in [0, 0.05) is 12.6 Å². The van der Waals surface area contributed by atoms with Gasteiger partial charge in [0.1, 0.15) is 5.82 Å². The normalized spacial score (nSPS) is 19.4. The number of carbonyl (C=O) groups excluding carboxylic acids is 1. The number of likely N-dealkylation sites (tertiary alicyclic amines) is 1. The molecule has 1 saturated heterocycles. The highest BCUT2D eigenvalue weighted by atomic mass is 16.5. The van der Waals surface area contributed by atoms with E-state index in [9.17, 15) is 4.79 Å². The number of nitrogen functional groups attached to an aromatic ring is 1. The maximum absolute atomic E-state index is 11.7. The fraction of sp³-hybridized carbons (Fsp3) is 0.538. The Morgan fingerprint density at radius 1 is 1.68 bits per heavy atom. The third-order valence-electron chi connectivity index (χ3n) is 3.17. The number of hydrogen-bond acceptors (Lipinski definition) is 6. The molecule has 2 heterocycles. The van der Waals surface area contributed by atoms with E-state index < -0.39 is 5.97 Å². The molecular formula is C13H20N4O2. The van der Waals surface area contributed by atoms with Gasteiger partial charge in [0.05, 0.1) is 24.1 Å². The molecule has 0 saturated carbocycles. The van der Waals surface area contributed by atoms with Crippen molar-refractivity contribution in [2.24, 2.45) is 0 Å². The number of nitrogens with zero attached hydrogens (tertiary/aromatic N) is 2. The standard InChI is InChI=1S/C13H20N4O2/c1-3-19-13(18)10-6-12(15-7-11(10)14)16-9-4-5-17(2)8-9/h6-7,9H,3-5,8,14H2,1-2H3,(H,15,16). The van der Waals surface area contributed by atoms with Gasteiger partial charge in [0.2, 0.25) is 0 Å². The van der Waals surface area contributed by atoms with E-state index >= 15 is 0 Å². The second-order valence-electron chi connectivity index (χ2n) is 4.77. The highest BCUT2D eigenvalue weighted by Gasteiger charge is 2.20. The van der Waals surface area contributed by atoms with Gasteiger partial charge in [-0.05, 0) is 33.0 Å². The van der Waals surface area contributed by atoms with Crippen LogP contribution in [0.15, 0.2) is 12.3 Å². The second kappa shape index (κ2) is 5.88. The summed E-state index contributed by atoms with van der Waals surface area (Å²) in [5.41, 5.74) is 6.46. The van der Waals surface area contributed by atoms with Gasteiger partial charge >= 0.3 is 5.97 Å². The molecule has 0 radical (unpaired) electrons. The van der Waals surface area contributed by atoms with Crippen molar-refractivity contribution >= 4 is 17.5 Å². The molecule has 19 heavy (non-hydrogen) atoms. The monoisotopic (exact) mass is 264 g/mol. The topological polar surface area (TPSA) is 80.5 Å². The van der Waals surface area contributed by atoms with Crippen molar-refractivity contribution in [3.05, 3.63) is 17.8 Å². The predicted molar refractivity (Wildman–Crippen MR) is 74.1 cm³/mol. The molecule has 1 atom stereocenters. The summed E-state index contributed by atoms with van der Waals surface area (Å²) in [5.74, 6) is 0.256. The molecule has 0 amide bonds.